The predicted molar refractivity (Wildman–Crippen MR) is 180 cm³/mol. The van der Waals surface area contributed by atoms with E-state index < -0.39 is 45.0 Å². The fourth-order valence-corrected chi connectivity index (χ4v) is 6.12. The summed E-state index contributed by atoms with van der Waals surface area (Å²) in [5.74, 6) is -1.69. The molecule has 0 aliphatic heterocycles. The van der Waals surface area contributed by atoms with Crippen LogP contribution in [0, 0.1) is 0 Å². The first-order chi connectivity index (χ1) is 24.5. The van der Waals surface area contributed by atoms with Gasteiger partial charge in [-0.05, 0) is 64.5 Å². The van der Waals surface area contributed by atoms with E-state index in [1.165, 1.54) is 39.6 Å². The van der Waals surface area contributed by atoms with Gasteiger partial charge in [0.25, 0.3) is 0 Å². The average Bonchev–Trinajstić information content (AvgIpc) is 3.70. The minimum absolute atomic E-state index is 0.0204. The van der Waals surface area contributed by atoms with Gasteiger partial charge in [0.1, 0.15) is 16.0 Å². The first-order valence-electron chi connectivity index (χ1n) is 14.7. The van der Waals surface area contributed by atoms with Crippen LogP contribution in [0.2, 0.25) is 0 Å². The molecule has 2 N–H and O–H groups in total. The zero-order valence-electron chi connectivity index (χ0n) is 26.3. The van der Waals surface area contributed by atoms with Gasteiger partial charge >= 0.3 is 12.4 Å². The largest absolute Gasteiger partial charge is 0.420 e. The van der Waals surface area contributed by atoms with Gasteiger partial charge in [-0.15, -0.1) is 5.73 Å². The maximum Gasteiger partial charge on any atom is 0.420 e. The lowest BCUT2D eigenvalue weighted by molar-refractivity contribution is -0.138. The lowest BCUT2D eigenvalue weighted by atomic mass is 10.1. The standard InChI is InChI=1S/C20H14F3N5O2S.C12H7BrF3N5/c1-2-31(29,30)14-5-3-12(4-6-14)17-11-25-18-8-7-16(27-28(17)18)13-9-15(20(21,22)23)19(24)26-10-13;13-9-5-18-10-2-1-8(20-21(9)10)6-3-7(12(14,15)16)11(17)19-4-6/h3-11H,2H2,1H3;1-5H,(H2,17,19). The molecule has 0 unspecified atom stereocenters. The van der Waals surface area contributed by atoms with Gasteiger partial charge in [-0.25, -0.2) is 37.4 Å². The number of anilines is 1. The van der Waals surface area contributed by atoms with Gasteiger partial charge in [0.05, 0.1) is 45.7 Å². The van der Waals surface area contributed by atoms with Crippen molar-refractivity contribution in [1.82, 2.24) is 44.9 Å². The molecule has 0 bridgehead atoms. The van der Waals surface area contributed by atoms with E-state index in [0.29, 0.717) is 32.8 Å². The van der Waals surface area contributed by atoms with Crippen LogP contribution >= 0.6 is 15.9 Å². The van der Waals surface area contributed by atoms with Crippen LogP contribution in [0.1, 0.15) is 18.1 Å². The molecule has 7 aromatic rings. The lowest BCUT2D eigenvalue weighted by Crippen LogP contribution is -2.10. The number of aromatic nitrogens is 8. The van der Waals surface area contributed by atoms with E-state index in [2.05, 4.69) is 46.1 Å². The summed E-state index contributed by atoms with van der Waals surface area (Å²) in [6.07, 6.45) is -3.89. The molecule has 0 saturated carbocycles. The molecule has 1 aromatic carbocycles. The second kappa shape index (κ2) is 13.5. The molecule has 12 nitrogen and oxygen atoms in total. The van der Waals surface area contributed by atoms with E-state index in [1.54, 1.807) is 43.5 Å². The summed E-state index contributed by atoms with van der Waals surface area (Å²) in [6, 6.07) is 14.2. The van der Waals surface area contributed by atoms with Crippen molar-refractivity contribution in [2.75, 3.05) is 11.5 Å². The fraction of sp³-hybridized carbons (Fsp3) is 0.125. The minimum atomic E-state index is -4.77. The molecule has 0 fully saturated rings. The number of rotatable bonds is 5. The summed E-state index contributed by atoms with van der Waals surface area (Å²) in [5.41, 5.74) is 15.5. The van der Waals surface area contributed by atoms with Gasteiger partial charge in [0, 0.05) is 29.1 Å². The number of nitrogen functional groups attached to an aromatic ring is 1. The van der Waals surface area contributed by atoms with Crippen LogP contribution in [-0.2, 0) is 22.2 Å². The topological polar surface area (TPSA) is 169 Å². The van der Waals surface area contributed by atoms with Crippen molar-refractivity contribution in [1.29, 1.82) is 0 Å². The number of hydrogen-bond donors (Lipinski definition) is 1. The van der Waals surface area contributed by atoms with Crippen LogP contribution in [0.25, 0.3) is 45.1 Å². The van der Waals surface area contributed by atoms with Crippen molar-refractivity contribution in [3.8, 4) is 33.8 Å². The van der Waals surface area contributed by atoms with Crippen molar-refractivity contribution in [3.05, 3.63) is 101 Å². The smallest absolute Gasteiger partial charge is 0.383 e. The van der Waals surface area contributed by atoms with Gasteiger partial charge in [-0.1, -0.05) is 19.1 Å². The van der Waals surface area contributed by atoms with Gasteiger partial charge in [0.15, 0.2) is 26.9 Å². The maximum absolute atomic E-state index is 13.1. The maximum atomic E-state index is 13.1. The van der Waals surface area contributed by atoms with Gasteiger partial charge < -0.3 is 5.73 Å². The lowest BCUT2D eigenvalue weighted by Gasteiger charge is -2.10. The predicted octanol–water partition coefficient (Wildman–Crippen LogP) is 7.13. The van der Waals surface area contributed by atoms with Gasteiger partial charge in [0.2, 0.25) is 0 Å². The van der Waals surface area contributed by atoms with E-state index in [-0.39, 0.29) is 27.5 Å². The third kappa shape index (κ3) is 7.24. The van der Waals surface area contributed by atoms with Crippen LogP contribution in [0.5, 0.6) is 0 Å². The molecular formula is C32H21BrF6N10O2S. The van der Waals surface area contributed by atoms with Crippen LogP contribution < -0.4 is 11.5 Å². The molecule has 0 atom stereocenters. The first kappa shape index (κ1) is 36.2. The number of benzene rings is 1. The number of halogens is 7. The summed E-state index contributed by atoms with van der Waals surface area (Å²) in [5, 5.41) is 8.59. The molecule has 0 amide bonds. The Bertz CT molecular complexity index is 2550. The zero-order valence-corrected chi connectivity index (χ0v) is 28.7. The van der Waals surface area contributed by atoms with Crippen LogP contribution in [-0.4, -0.2) is 53.3 Å². The summed E-state index contributed by atoms with van der Waals surface area (Å²) in [6.45, 7) is 1.56. The number of nitrogens with zero attached hydrogens (tertiary/aromatic N) is 9. The third-order valence-corrected chi connectivity index (χ3v) is 9.85. The number of nitrogens with two attached hydrogens (primary N) is 1. The number of pyridine rings is 2. The van der Waals surface area contributed by atoms with E-state index in [1.807, 2.05) is 0 Å². The van der Waals surface area contributed by atoms with Crippen molar-refractivity contribution in [3.63, 3.8) is 0 Å². The van der Waals surface area contributed by atoms with Gasteiger partial charge in [-0.2, -0.15) is 36.5 Å². The van der Waals surface area contributed by atoms with E-state index in [0.717, 1.165) is 18.3 Å². The highest BCUT2D eigenvalue weighted by molar-refractivity contribution is 9.10. The van der Waals surface area contributed by atoms with E-state index in [9.17, 15) is 40.5 Å². The monoisotopic (exact) mass is 802 g/mol. The molecule has 0 aliphatic carbocycles. The summed E-state index contributed by atoms with van der Waals surface area (Å²) in [4.78, 5) is 15.5. The van der Waals surface area contributed by atoms with Gasteiger partial charge in [-0.3, -0.25) is 0 Å². The molecule has 20 heteroatoms. The highest BCUT2D eigenvalue weighted by atomic mass is 79.9. The zero-order chi connectivity index (χ0) is 37.6. The Morgan fingerprint density at radius 3 is 1.85 bits per heavy atom. The molecular weight excluding hydrogens is 782 g/mol. The first-order valence-corrected chi connectivity index (χ1v) is 17.2. The Hall–Kier alpha value is -5.63. The Labute approximate surface area is 298 Å². The van der Waals surface area contributed by atoms with Crippen molar-refractivity contribution < 1.29 is 34.8 Å². The summed E-state index contributed by atoms with van der Waals surface area (Å²) < 4.78 is 105. The molecule has 0 saturated heterocycles. The summed E-state index contributed by atoms with van der Waals surface area (Å²) >= 11 is 3.25. The normalized spacial score (nSPS) is 12.2. The SMILES string of the molecule is CCS(=O)(=O)c1ccc(-c2cnc3ccc(-c4cnc([N])c(C(F)(F)F)c4)nn23)cc1.Nc1ncc(-c2ccc3ncc(Br)n3n2)cc1C(F)(F)F. The molecule has 6 aromatic heterocycles. The summed E-state index contributed by atoms with van der Waals surface area (Å²) in [7, 11) is -3.35. The number of fused-ring (bicyclic) bond motifs is 2. The molecule has 2 radical (unpaired) electrons. The third-order valence-electron chi connectivity index (χ3n) is 7.56. The quantitative estimate of drug-likeness (QED) is 0.178. The van der Waals surface area contributed by atoms with E-state index >= 15 is 0 Å². The van der Waals surface area contributed by atoms with Crippen molar-refractivity contribution in [2.24, 2.45) is 0 Å². The Morgan fingerprint density at radius 1 is 0.712 bits per heavy atom. The highest BCUT2D eigenvalue weighted by Crippen LogP contribution is 2.36. The minimum Gasteiger partial charge on any atom is -0.383 e. The Morgan fingerprint density at radius 2 is 1.25 bits per heavy atom. The molecule has 0 aliphatic rings. The molecule has 0 spiro atoms. The van der Waals surface area contributed by atoms with E-state index in [4.69, 9.17) is 5.73 Å². The second-order valence-corrected chi connectivity index (χ2v) is 14.0. The number of hydrogen-bond acceptors (Lipinski definition) is 9. The van der Waals surface area contributed by atoms with Crippen LogP contribution in [0.4, 0.5) is 38.0 Å². The van der Waals surface area contributed by atoms with Crippen LogP contribution in [0.3, 0.4) is 0 Å². The molecule has 6 heterocycles. The van der Waals surface area contributed by atoms with Crippen molar-refractivity contribution >= 4 is 48.7 Å². The Kier molecular flexibility index (Phi) is 9.38. The number of alkyl halides is 6. The fourth-order valence-electron chi connectivity index (χ4n) is 4.87. The van der Waals surface area contributed by atoms with Crippen LogP contribution in [0.15, 0.2) is 94.9 Å². The molecule has 52 heavy (non-hydrogen) atoms. The highest BCUT2D eigenvalue weighted by Gasteiger charge is 2.35. The Balaban J connectivity index is 0.000000192. The van der Waals surface area contributed by atoms with Crippen molar-refractivity contribution in [2.45, 2.75) is 24.2 Å². The molecule has 7 rings (SSSR count). The second-order valence-electron chi connectivity index (χ2n) is 10.9. The molecule has 266 valence electrons. The average molecular weight is 804 g/mol. The number of sulfone groups is 1. The number of imidazole rings is 2.